The fourth-order valence-corrected chi connectivity index (χ4v) is 2.42. The maximum atomic E-state index is 5.58. The molecule has 150 valence electrons. The summed E-state index contributed by atoms with van der Waals surface area (Å²) in [4.78, 5) is 4.65. The minimum atomic E-state index is 0. The molecule has 0 saturated heterocycles. The van der Waals surface area contributed by atoms with Gasteiger partial charge in [-0.15, -0.1) is 24.0 Å². The molecule has 27 heavy (non-hydrogen) atoms. The lowest BCUT2D eigenvalue weighted by Crippen LogP contribution is -2.38. The Hall–Kier alpha value is -1.61. The number of hydrogen-bond donors (Lipinski definition) is 2. The summed E-state index contributed by atoms with van der Waals surface area (Å²) in [7, 11) is 0. The second-order valence-electron chi connectivity index (χ2n) is 6.06. The van der Waals surface area contributed by atoms with Crippen molar-refractivity contribution in [1.82, 2.24) is 20.4 Å². The summed E-state index contributed by atoms with van der Waals surface area (Å²) in [6.07, 6.45) is 7.01. The van der Waals surface area contributed by atoms with Crippen molar-refractivity contribution in [3.63, 3.8) is 0 Å². The van der Waals surface area contributed by atoms with Crippen molar-refractivity contribution >= 4 is 29.9 Å². The largest absolute Gasteiger partial charge is 0.381 e. The van der Waals surface area contributed by atoms with Crippen molar-refractivity contribution in [2.75, 3.05) is 26.3 Å². The molecule has 7 heteroatoms. The minimum absolute atomic E-state index is 0. The maximum Gasteiger partial charge on any atom is 0.191 e. The zero-order chi connectivity index (χ0) is 18.5. The van der Waals surface area contributed by atoms with Gasteiger partial charge in [-0.2, -0.15) is 5.10 Å². The van der Waals surface area contributed by atoms with Crippen molar-refractivity contribution < 1.29 is 4.74 Å². The normalized spacial score (nSPS) is 11.1. The topological polar surface area (TPSA) is 63.5 Å². The zero-order valence-electron chi connectivity index (χ0n) is 16.4. The molecule has 6 nitrogen and oxygen atoms in total. The van der Waals surface area contributed by atoms with Crippen molar-refractivity contribution in [3.05, 3.63) is 48.3 Å². The van der Waals surface area contributed by atoms with Crippen molar-refractivity contribution in [2.24, 2.45) is 4.99 Å². The third-order valence-electron chi connectivity index (χ3n) is 3.87. The van der Waals surface area contributed by atoms with E-state index in [0.717, 1.165) is 50.8 Å². The third-order valence-corrected chi connectivity index (χ3v) is 3.87. The van der Waals surface area contributed by atoms with Gasteiger partial charge in [-0.05, 0) is 43.5 Å². The van der Waals surface area contributed by atoms with E-state index in [2.05, 4.69) is 58.8 Å². The standard InChI is InChI=1S/C20H31N5O.HI/c1-3-5-15-26-16-7-12-22-20(21-4-2)23-17-18-8-10-19(11-9-18)25-14-6-13-24-25;/h6,8-11,13-14H,3-5,7,12,15-17H2,1-2H3,(H2,21,22,23);1H. The first-order valence-corrected chi connectivity index (χ1v) is 9.52. The first kappa shape index (κ1) is 23.4. The van der Waals surface area contributed by atoms with E-state index in [1.54, 1.807) is 6.20 Å². The number of ether oxygens (including phenoxy) is 1. The molecule has 0 fully saturated rings. The second-order valence-corrected chi connectivity index (χ2v) is 6.06. The van der Waals surface area contributed by atoms with Crippen LogP contribution in [0.3, 0.4) is 0 Å². The van der Waals surface area contributed by atoms with Crippen molar-refractivity contribution in [2.45, 2.75) is 39.7 Å². The highest BCUT2D eigenvalue weighted by molar-refractivity contribution is 14.0. The summed E-state index contributed by atoms with van der Waals surface area (Å²) in [5.74, 6) is 0.845. The van der Waals surface area contributed by atoms with E-state index in [9.17, 15) is 0 Å². The van der Waals surface area contributed by atoms with Crippen LogP contribution in [-0.4, -0.2) is 42.0 Å². The van der Waals surface area contributed by atoms with Gasteiger partial charge in [0.2, 0.25) is 0 Å². The Kier molecular flexibility index (Phi) is 12.5. The van der Waals surface area contributed by atoms with Gasteiger partial charge in [-0.25, -0.2) is 9.67 Å². The van der Waals surface area contributed by atoms with Gasteiger partial charge in [0.05, 0.1) is 12.2 Å². The number of nitrogens with zero attached hydrogens (tertiary/aromatic N) is 3. The third kappa shape index (κ3) is 9.23. The Bertz CT molecular complexity index is 628. The molecule has 0 spiro atoms. The van der Waals surface area contributed by atoms with Gasteiger partial charge in [0, 0.05) is 38.7 Å². The van der Waals surface area contributed by atoms with Gasteiger partial charge in [0.15, 0.2) is 5.96 Å². The molecule has 0 radical (unpaired) electrons. The average Bonchev–Trinajstić information content (AvgIpc) is 3.20. The molecule has 2 aromatic rings. The summed E-state index contributed by atoms with van der Waals surface area (Å²) in [5.41, 5.74) is 2.22. The SMILES string of the molecule is CCCCOCCCNC(=NCc1ccc(-n2cccn2)cc1)NCC.I. The van der Waals surface area contributed by atoms with Crippen molar-refractivity contribution in [1.29, 1.82) is 0 Å². The van der Waals surface area contributed by atoms with Gasteiger partial charge in [0.1, 0.15) is 0 Å². The molecule has 0 aliphatic heterocycles. The lowest BCUT2D eigenvalue weighted by atomic mass is 10.2. The predicted octanol–water partition coefficient (Wildman–Crippen LogP) is 3.75. The summed E-state index contributed by atoms with van der Waals surface area (Å²) < 4.78 is 7.43. The lowest BCUT2D eigenvalue weighted by molar-refractivity contribution is 0.129. The molecular formula is C20H32IN5O. The number of aromatic nitrogens is 2. The predicted molar refractivity (Wildman–Crippen MR) is 122 cm³/mol. The van der Waals surface area contributed by atoms with E-state index >= 15 is 0 Å². The molecule has 2 rings (SSSR count). The molecule has 2 N–H and O–H groups in total. The molecule has 1 aromatic heterocycles. The zero-order valence-corrected chi connectivity index (χ0v) is 18.7. The number of hydrogen-bond acceptors (Lipinski definition) is 3. The molecule has 1 aromatic carbocycles. The van der Waals surface area contributed by atoms with E-state index in [1.165, 1.54) is 12.0 Å². The van der Waals surface area contributed by atoms with Gasteiger partial charge in [0.25, 0.3) is 0 Å². The fourth-order valence-electron chi connectivity index (χ4n) is 2.42. The number of unbranched alkanes of at least 4 members (excludes halogenated alkanes) is 1. The molecule has 0 saturated carbocycles. The van der Waals surface area contributed by atoms with Crippen LogP contribution >= 0.6 is 24.0 Å². The lowest BCUT2D eigenvalue weighted by Gasteiger charge is -2.11. The number of aliphatic imine (C=N–C) groups is 1. The van der Waals surface area contributed by atoms with Gasteiger partial charge in [-0.1, -0.05) is 25.5 Å². The quantitative estimate of drug-likeness (QED) is 0.220. The molecule has 1 heterocycles. The Morgan fingerprint density at radius 1 is 1.11 bits per heavy atom. The molecule has 0 unspecified atom stereocenters. The Balaban J connectivity index is 0.00000364. The van der Waals surface area contributed by atoms with E-state index in [1.807, 2.05) is 16.9 Å². The highest BCUT2D eigenvalue weighted by Crippen LogP contribution is 2.09. The Labute approximate surface area is 179 Å². The van der Waals surface area contributed by atoms with Gasteiger partial charge < -0.3 is 15.4 Å². The van der Waals surface area contributed by atoms with Crippen LogP contribution in [0.15, 0.2) is 47.7 Å². The highest BCUT2D eigenvalue weighted by atomic mass is 127. The van der Waals surface area contributed by atoms with Crippen LogP contribution in [0.2, 0.25) is 0 Å². The van der Waals surface area contributed by atoms with Crippen LogP contribution in [-0.2, 0) is 11.3 Å². The van der Waals surface area contributed by atoms with Crippen LogP contribution in [0.1, 0.15) is 38.7 Å². The van der Waals surface area contributed by atoms with Crippen LogP contribution in [0.4, 0.5) is 0 Å². The van der Waals surface area contributed by atoms with E-state index < -0.39 is 0 Å². The Morgan fingerprint density at radius 3 is 2.56 bits per heavy atom. The highest BCUT2D eigenvalue weighted by Gasteiger charge is 1.99. The van der Waals surface area contributed by atoms with E-state index in [4.69, 9.17) is 4.74 Å². The monoisotopic (exact) mass is 485 g/mol. The minimum Gasteiger partial charge on any atom is -0.381 e. The number of rotatable bonds is 11. The number of guanidine groups is 1. The average molecular weight is 485 g/mol. The molecule has 0 amide bonds. The number of halogens is 1. The van der Waals surface area contributed by atoms with Crippen LogP contribution in [0.5, 0.6) is 0 Å². The summed E-state index contributed by atoms with van der Waals surface area (Å²) in [5, 5.41) is 10.9. The van der Waals surface area contributed by atoms with Crippen LogP contribution in [0.25, 0.3) is 5.69 Å². The first-order valence-electron chi connectivity index (χ1n) is 9.52. The second kappa shape index (κ2) is 14.4. The van der Waals surface area contributed by atoms with Crippen LogP contribution < -0.4 is 10.6 Å². The molecule has 0 aliphatic carbocycles. The number of nitrogens with one attached hydrogen (secondary N) is 2. The molecule has 0 aliphatic rings. The van der Waals surface area contributed by atoms with Crippen LogP contribution in [0, 0.1) is 0 Å². The molecule has 0 atom stereocenters. The number of benzene rings is 1. The molecule has 0 bridgehead atoms. The van der Waals surface area contributed by atoms with E-state index in [0.29, 0.717) is 6.54 Å². The molecular weight excluding hydrogens is 453 g/mol. The summed E-state index contributed by atoms with van der Waals surface area (Å²) >= 11 is 0. The van der Waals surface area contributed by atoms with Gasteiger partial charge >= 0.3 is 0 Å². The summed E-state index contributed by atoms with van der Waals surface area (Å²) in [6.45, 7) is 8.24. The Morgan fingerprint density at radius 2 is 1.89 bits per heavy atom. The first-order chi connectivity index (χ1) is 12.8. The fraction of sp³-hybridized carbons (Fsp3) is 0.500. The smallest absolute Gasteiger partial charge is 0.191 e. The summed E-state index contributed by atoms with van der Waals surface area (Å²) in [6, 6.07) is 10.2. The maximum absolute atomic E-state index is 5.58. The van der Waals surface area contributed by atoms with E-state index in [-0.39, 0.29) is 24.0 Å². The van der Waals surface area contributed by atoms with Gasteiger partial charge in [-0.3, -0.25) is 0 Å². The van der Waals surface area contributed by atoms with Crippen molar-refractivity contribution in [3.8, 4) is 5.69 Å².